The number of aliphatic hydroxyl groups is 1. The molecule has 0 aliphatic rings. The molecule has 0 atom stereocenters. The number of halogens is 3. The Balaban J connectivity index is 2.30. The van der Waals surface area contributed by atoms with Gasteiger partial charge in [0.05, 0.1) is 30.2 Å². The lowest BCUT2D eigenvalue weighted by molar-refractivity contribution is -0.152. The largest absolute Gasteiger partial charge is 0.507 e. The first-order valence-electron chi connectivity index (χ1n) is 8.62. The molecule has 0 saturated heterocycles. The van der Waals surface area contributed by atoms with Gasteiger partial charge >= 0.3 is 6.18 Å². The average Bonchev–Trinajstić information content (AvgIpc) is 2.69. The monoisotopic (exact) mass is 409 g/mol. The molecule has 0 amide bonds. The first kappa shape index (κ1) is 20.7. The molecule has 0 saturated carbocycles. The maximum atomic E-state index is 13.8. The number of aliphatic hydroxyl groups excluding tert-OH is 1. The van der Waals surface area contributed by atoms with Gasteiger partial charge in [-0.05, 0) is 29.8 Å². The number of phenolic OH excluding ortho intramolecular Hbond substituents is 1. The number of hydrogen-bond acceptors (Lipinski definition) is 6. The first-order chi connectivity index (χ1) is 13.8. The fourth-order valence-corrected chi connectivity index (χ4v) is 2.99. The first-order valence-corrected chi connectivity index (χ1v) is 8.62. The van der Waals surface area contributed by atoms with E-state index in [0.717, 1.165) is 0 Å². The molecule has 0 spiro atoms. The number of rotatable bonds is 6. The third-order valence-corrected chi connectivity index (χ3v) is 4.37. The average molecular weight is 409 g/mol. The van der Waals surface area contributed by atoms with Gasteiger partial charge in [-0.3, -0.25) is 4.79 Å². The van der Waals surface area contributed by atoms with E-state index in [-0.39, 0.29) is 47.5 Å². The Hall–Kier alpha value is -3.04. The minimum absolute atomic E-state index is 0.000157. The molecule has 154 valence electrons. The van der Waals surface area contributed by atoms with Crippen LogP contribution in [0, 0.1) is 0 Å². The molecule has 1 heterocycles. The van der Waals surface area contributed by atoms with E-state index < -0.39 is 22.9 Å². The molecule has 1 aromatic heterocycles. The van der Waals surface area contributed by atoms with E-state index in [2.05, 4.69) is 5.32 Å². The number of phenols is 1. The van der Waals surface area contributed by atoms with Gasteiger partial charge in [0.25, 0.3) is 0 Å². The maximum absolute atomic E-state index is 13.8. The zero-order chi connectivity index (χ0) is 21.2. The molecule has 2 aromatic carbocycles. The highest BCUT2D eigenvalue weighted by Crippen LogP contribution is 2.39. The van der Waals surface area contributed by atoms with Crippen LogP contribution in [0.15, 0.2) is 45.6 Å². The van der Waals surface area contributed by atoms with E-state index in [9.17, 15) is 23.1 Å². The van der Waals surface area contributed by atoms with Crippen LogP contribution in [0.4, 0.5) is 13.2 Å². The second-order valence-electron chi connectivity index (χ2n) is 6.20. The van der Waals surface area contributed by atoms with Crippen LogP contribution >= 0.6 is 0 Å². The van der Waals surface area contributed by atoms with Crippen molar-refractivity contribution in [3.63, 3.8) is 0 Å². The van der Waals surface area contributed by atoms with Crippen LogP contribution in [0.2, 0.25) is 0 Å². The van der Waals surface area contributed by atoms with Crippen molar-refractivity contribution in [1.29, 1.82) is 0 Å². The van der Waals surface area contributed by atoms with Crippen LogP contribution in [-0.4, -0.2) is 30.5 Å². The third-order valence-electron chi connectivity index (χ3n) is 4.37. The van der Waals surface area contributed by atoms with Crippen LogP contribution in [-0.2, 0) is 12.7 Å². The van der Waals surface area contributed by atoms with Gasteiger partial charge in [-0.25, -0.2) is 0 Å². The van der Waals surface area contributed by atoms with Crippen molar-refractivity contribution in [3.05, 3.63) is 57.9 Å². The van der Waals surface area contributed by atoms with Gasteiger partial charge in [0, 0.05) is 13.1 Å². The Kier molecular flexibility index (Phi) is 5.81. The Labute approximate surface area is 163 Å². The van der Waals surface area contributed by atoms with Crippen molar-refractivity contribution in [2.45, 2.75) is 12.7 Å². The van der Waals surface area contributed by atoms with Gasteiger partial charge in [-0.1, -0.05) is 12.1 Å². The molecule has 6 nitrogen and oxygen atoms in total. The number of nitrogens with one attached hydrogen (secondary N) is 1. The van der Waals surface area contributed by atoms with Crippen molar-refractivity contribution >= 4 is 11.0 Å². The maximum Gasteiger partial charge on any atom is 0.450 e. The Morgan fingerprint density at radius 1 is 1.14 bits per heavy atom. The van der Waals surface area contributed by atoms with E-state index in [1.54, 1.807) is 0 Å². The summed E-state index contributed by atoms with van der Waals surface area (Å²) in [5.41, 5.74) is -1.81. The second kappa shape index (κ2) is 8.14. The number of ether oxygens (including phenoxy) is 1. The number of hydrogen-bond donors (Lipinski definition) is 3. The molecule has 0 aliphatic heterocycles. The highest BCUT2D eigenvalue weighted by molar-refractivity contribution is 5.86. The summed E-state index contributed by atoms with van der Waals surface area (Å²) >= 11 is 0. The summed E-state index contributed by atoms with van der Waals surface area (Å²) < 4.78 is 51.4. The van der Waals surface area contributed by atoms with Crippen LogP contribution in [0.25, 0.3) is 22.1 Å². The highest BCUT2D eigenvalue weighted by atomic mass is 19.4. The molecular weight excluding hydrogens is 391 g/mol. The van der Waals surface area contributed by atoms with E-state index in [1.807, 2.05) is 0 Å². The summed E-state index contributed by atoms with van der Waals surface area (Å²) in [6.07, 6.45) is -4.94. The lowest BCUT2D eigenvalue weighted by Gasteiger charge is -2.15. The lowest BCUT2D eigenvalue weighted by Crippen LogP contribution is -2.19. The molecule has 0 unspecified atom stereocenters. The molecule has 29 heavy (non-hydrogen) atoms. The van der Waals surface area contributed by atoms with Gasteiger partial charge in [-0.15, -0.1) is 0 Å². The van der Waals surface area contributed by atoms with Gasteiger partial charge in [-0.2, -0.15) is 13.2 Å². The molecular formula is C20H18F3NO5. The lowest BCUT2D eigenvalue weighted by atomic mass is 10.00. The summed E-state index contributed by atoms with van der Waals surface area (Å²) in [5.74, 6) is -1.35. The molecule has 0 fully saturated rings. The van der Waals surface area contributed by atoms with E-state index in [4.69, 9.17) is 14.3 Å². The molecule has 0 radical (unpaired) electrons. The number of alkyl halides is 3. The smallest absolute Gasteiger partial charge is 0.450 e. The fraction of sp³-hybridized carbons (Fsp3) is 0.250. The summed E-state index contributed by atoms with van der Waals surface area (Å²) in [6, 6.07) is 8.02. The fourth-order valence-electron chi connectivity index (χ4n) is 2.99. The molecule has 3 rings (SSSR count). The van der Waals surface area contributed by atoms with Crippen LogP contribution < -0.4 is 15.5 Å². The van der Waals surface area contributed by atoms with Crippen LogP contribution in [0.1, 0.15) is 11.3 Å². The molecule has 9 heteroatoms. The van der Waals surface area contributed by atoms with Gasteiger partial charge in [0.1, 0.15) is 17.1 Å². The van der Waals surface area contributed by atoms with Crippen molar-refractivity contribution < 1.29 is 32.5 Å². The molecule has 0 aliphatic carbocycles. The molecule has 3 N–H and O–H groups in total. The minimum atomic E-state index is -4.94. The Bertz CT molecular complexity index is 1070. The molecule has 0 bridgehead atoms. The van der Waals surface area contributed by atoms with E-state index >= 15 is 0 Å². The van der Waals surface area contributed by atoms with Gasteiger partial charge < -0.3 is 24.7 Å². The van der Waals surface area contributed by atoms with Crippen molar-refractivity contribution in [2.24, 2.45) is 0 Å². The zero-order valence-corrected chi connectivity index (χ0v) is 15.3. The quantitative estimate of drug-likeness (QED) is 0.542. The minimum Gasteiger partial charge on any atom is -0.507 e. The summed E-state index contributed by atoms with van der Waals surface area (Å²) in [7, 11) is 1.42. The Morgan fingerprint density at radius 3 is 2.41 bits per heavy atom. The summed E-state index contributed by atoms with van der Waals surface area (Å²) in [6.45, 7) is -0.146. The highest BCUT2D eigenvalue weighted by Gasteiger charge is 2.39. The van der Waals surface area contributed by atoms with Gasteiger partial charge in [0.2, 0.25) is 11.2 Å². The number of methoxy groups -OCH3 is 1. The summed E-state index contributed by atoms with van der Waals surface area (Å²) in [4.78, 5) is 13.0. The SMILES string of the molecule is COc1ccc(-c2c(C(F)(F)F)oc3c(CNCCO)c(O)ccc3c2=O)cc1. The number of benzene rings is 2. The predicted molar refractivity (Wildman–Crippen MR) is 99.9 cm³/mol. The zero-order valence-electron chi connectivity index (χ0n) is 15.3. The third kappa shape index (κ3) is 4.06. The van der Waals surface area contributed by atoms with Crippen LogP contribution in [0.5, 0.6) is 11.5 Å². The second-order valence-corrected chi connectivity index (χ2v) is 6.20. The van der Waals surface area contributed by atoms with E-state index in [0.29, 0.717) is 5.75 Å². The Morgan fingerprint density at radius 2 is 1.83 bits per heavy atom. The normalized spacial score (nSPS) is 11.8. The van der Waals surface area contributed by atoms with E-state index in [1.165, 1.54) is 43.5 Å². The van der Waals surface area contributed by atoms with Gasteiger partial charge in [0.15, 0.2) is 0 Å². The number of fused-ring (bicyclic) bond motifs is 1. The molecule has 3 aromatic rings. The summed E-state index contributed by atoms with van der Waals surface area (Å²) in [5, 5.41) is 21.6. The van der Waals surface area contributed by atoms with Crippen molar-refractivity contribution in [2.75, 3.05) is 20.3 Å². The van der Waals surface area contributed by atoms with Crippen molar-refractivity contribution in [1.82, 2.24) is 5.32 Å². The van der Waals surface area contributed by atoms with Crippen LogP contribution in [0.3, 0.4) is 0 Å². The topological polar surface area (TPSA) is 91.9 Å². The predicted octanol–water partition coefficient (Wildman–Crippen LogP) is 3.27. The standard InChI is InChI=1S/C20H18F3NO5/c1-28-12-4-2-11(3-5-12)16-17(27)13-6-7-15(26)14(10-24-8-9-25)18(13)29-19(16)20(21,22)23/h2-7,24-26H,8-10H2,1H3. The number of aromatic hydroxyl groups is 1. The van der Waals surface area contributed by atoms with Crippen molar-refractivity contribution in [3.8, 4) is 22.6 Å².